The van der Waals surface area contributed by atoms with Crippen molar-refractivity contribution in [2.24, 2.45) is 11.7 Å². The maximum Gasteiger partial charge on any atom is 0.228 e. The first-order chi connectivity index (χ1) is 7.67. The molecule has 1 amide bonds. The molecule has 3 N–H and O–H groups in total. The molecule has 1 aromatic heterocycles. The number of hydrogen-bond donors (Lipinski definition) is 2. The molecule has 0 aliphatic carbocycles. The molecule has 1 atom stereocenters. The van der Waals surface area contributed by atoms with Gasteiger partial charge in [-0.25, -0.2) is 0 Å². The van der Waals surface area contributed by atoms with E-state index in [9.17, 15) is 4.79 Å². The number of rotatable bonds is 3. The fraction of sp³-hybridized carbons (Fsp3) is 0.636. The third kappa shape index (κ3) is 1.71. The number of amides is 1. The molecular formula is C11H18N4O. The highest BCUT2D eigenvalue weighted by molar-refractivity contribution is 5.95. The number of anilines is 1. The fourth-order valence-electron chi connectivity index (χ4n) is 2.17. The lowest BCUT2D eigenvalue weighted by molar-refractivity contribution is -0.117. The number of nitrogens with zero attached hydrogens (tertiary/aromatic N) is 2. The van der Waals surface area contributed by atoms with Gasteiger partial charge >= 0.3 is 0 Å². The summed E-state index contributed by atoms with van der Waals surface area (Å²) in [5.41, 5.74) is 7.77. The van der Waals surface area contributed by atoms with Crippen molar-refractivity contribution < 1.29 is 4.79 Å². The van der Waals surface area contributed by atoms with Crippen LogP contribution in [0.4, 0.5) is 5.82 Å². The van der Waals surface area contributed by atoms with Gasteiger partial charge in [0.15, 0.2) is 5.82 Å². The van der Waals surface area contributed by atoms with Crippen molar-refractivity contribution in [3.63, 3.8) is 0 Å². The van der Waals surface area contributed by atoms with E-state index in [-0.39, 0.29) is 11.8 Å². The molecule has 1 saturated heterocycles. The van der Waals surface area contributed by atoms with Crippen LogP contribution in [0.25, 0.3) is 0 Å². The van der Waals surface area contributed by atoms with Crippen molar-refractivity contribution in [1.82, 2.24) is 10.2 Å². The van der Waals surface area contributed by atoms with Crippen LogP contribution >= 0.6 is 0 Å². The number of carbonyl (C=O) groups excluding carboxylic acids is 1. The minimum absolute atomic E-state index is 0.132. The summed E-state index contributed by atoms with van der Waals surface area (Å²) >= 11 is 0. The molecule has 2 rings (SSSR count). The van der Waals surface area contributed by atoms with Crippen LogP contribution in [0, 0.1) is 12.8 Å². The smallest absolute Gasteiger partial charge is 0.228 e. The number of nitrogens with two attached hydrogens (primary N) is 1. The van der Waals surface area contributed by atoms with Crippen LogP contribution in [-0.2, 0) is 11.2 Å². The number of hydrogen-bond acceptors (Lipinski definition) is 3. The van der Waals surface area contributed by atoms with Gasteiger partial charge in [-0.3, -0.25) is 14.8 Å². The lowest BCUT2D eigenvalue weighted by Crippen LogP contribution is -2.26. The predicted molar refractivity (Wildman–Crippen MR) is 62.2 cm³/mol. The highest BCUT2D eigenvalue weighted by Crippen LogP contribution is 2.27. The van der Waals surface area contributed by atoms with Crippen LogP contribution < -0.4 is 10.6 Å². The number of aryl methyl sites for hydroxylation is 1. The van der Waals surface area contributed by atoms with Gasteiger partial charge < -0.3 is 5.73 Å². The van der Waals surface area contributed by atoms with E-state index in [0.717, 1.165) is 23.5 Å². The van der Waals surface area contributed by atoms with Crippen molar-refractivity contribution in [2.75, 3.05) is 18.0 Å². The number of aromatic nitrogens is 2. The zero-order valence-electron chi connectivity index (χ0n) is 9.79. The normalized spacial score (nSPS) is 20.8. The van der Waals surface area contributed by atoms with Gasteiger partial charge in [-0.2, -0.15) is 5.10 Å². The van der Waals surface area contributed by atoms with E-state index in [1.54, 1.807) is 4.90 Å². The molecule has 0 radical (unpaired) electrons. The molecule has 1 aliphatic rings. The van der Waals surface area contributed by atoms with Crippen LogP contribution in [0.5, 0.6) is 0 Å². The minimum atomic E-state index is 0.132. The van der Waals surface area contributed by atoms with Gasteiger partial charge in [-0.15, -0.1) is 0 Å². The molecular weight excluding hydrogens is 204 g/mol. The van der Waals surface area contributed by atoms with Crippen molar-refractivity contribution in [1.29, 1.82) is 0 Å². The van der Waals surface area contributed by atoms with Crippen molar-refractivity contribution in [3.05, 3.63) is 11.3 Å². The highest BCUT2D eigenvalue weighted by Gasteiger charge is 2.32. The van der Waals surface area contributed by atoms with E-state index in [0.29, 0.717) is 19.5 Å². The molecule has 5 nitrogen and oxygen atoms in total. The monoisotopic (exact) mass is 222 g/mol. The van der Waals surface area contributed by atoms with Crippen LogP contribution in [-0.4, -0.2) is 29.2 Å². The first-order valence-corrected chi connectivity index (χ1v) is 5.71. The second-order valence-corrected chi connectivity index (χ2v) is 4.31. The first kappa shape index (κ1) is 11.1. The number of carbonyl (C=O) groups is 1. The zero-order valence-corrected chi connectivity index (χ0v) is 9.79. The third-order valence-electron chi connectivity index (χ3n) is 3.23. The van der Waals surface area contributed by atoms with E-state index in [4.69, 9.17) is 5.73 Å². The first-order valence-electron chi connectivity index (χ1n) is 5.71. The lowest BCUT2D eigenvalue weighted by Gasteiger charge is -2.14. The largest absolute Gasteiger partial charge is 0.330 e. The maximum atomic E-state index is 11.8. The predicted octanol–water partition coefficient (Wildman–Crippen LogP) is 0.592. The molecule has 88 valence electrons. The van der Waals surface area contributed by atoms with Crippen molar-refractivity contribution in [2.45, 2.75) is 26.7 Å². The second kappa shape index (κ2) is 4.25. The van der Waals surface area contributed by atoms with Gasteiger partial charge in [0.1, 0.15) is 0 Å². The van der Waals surface area contributed by atoms with Gasteiger partial charge in [0.2, 0.25) is 5.91 Å². The fourth-order valence-corrected chi connectivity index (χ4v) is 2.17. The van der Waals surface area contributed by atoms with E-state index in [2.05, 4.69) is 17.1 Å². The Morgan fingerprint density at radius 2 is 2.38 bits per heavy atom. The van der Waals surface area contributed by atoms with Crippen molar-refractivity contribution >= 4 is 11.7 Å². The van der Waals surface area contributed by atoms with E-state index >= 15 is 0 Å². The second-order valence-electron chi connectivity index (χ2n) is 4.31. The summed E-state index contributed by atoms with van der Waals surface area (Å²) in [7, 11) is 0. The molecule has 16 heavy (non-hydrogen) atoms. The van der Waals surface area contributed by atoms with Gasteiger partial charge in [-0.1, -0.05) is 6.92 Å². The highest BCUT2D eigenvalue weighted by atomic mass is 16.2. The van der Waals surface area contributed by atoms with Gasteiger partial charge in [0, 0.05) is 24.2 Å². The van der Waals surface area contributed by atoms with Crippen LogP contribution in [0.3, 0.4) is 0 Å². The third-order valence-corrected chi connectivity index (χ3v) is 3.23. The standard InChI is InChI=1S/C11H18N4O/c1-3-9-7(2)11(14-13-9)15-6-8(5-12)4-10(15)16/h8H,3-6,12H2,1-2H3,(H,13,14). The van der Waals surface area contributed by atoms with Crippen LogP contribution in [0.15, 0.2) is 0 Å². The Hall–Kier alpha value is -1.36. The molecule has 2 heterocycles. The summed E-state index contributed by atoms with van der Waals surface area (Å²) in [5.74, 6) is 1.18. The Labute approximate surface area is 95.0 Å². The molecule has 1 fully saturated rings. The van der Waals surface area contributed by atoms with E-state index < -0.39 is 0 Å². The lowest BCUT2D eigenvalue weighted by atomic mass is 10.1. The number of H-pyrrole nitrogens is 1. The Morgan fingerprint density at radius 3 is 2.88 bits per heavy atom. The Kier molecular flexibility index (Phi) is 2.96. The number of nitrogens with one attached hydrogen (secondary N) is 1. The molecule has 1 aromatic rings. The Balaban J connectivity index is 2.24. The van der Waals surface area contributed by atoms with Gasteiger partial charge in [0.25, 0.3) is 0 Å². The van der Waals surface area contributed by atoms with Gasteiger partial charge in [-0.05, 0) is 25.8 Å². The summed E-state index contributed by atoms with van der Waals surface area (Å²) in [6.07, 6.45) is 1.45. The molecule has 1 unspecified atom stereocenters. The van der Waals surface area contributed by atoms with Gasteiger partial charge in [0.05, 0.1) is 0 Å². The average molecular weight is 222 g/mol. The number of aromatic amines is 1. The molecule has 0 bridgehead atoms. The molecule has 0 saturated carbocycles. The molecule has 1 aliphatic heterocycles. The zero-order chi connectivity index (χ0) is 11.7. The summed E-state index contributed by atoms with van der Waals surface area (Å²) in [4.78, 5) is 13.6. The van der Waals surface area contributed by atoms with Crippen LogP contribution in [0.1, 0.15) is 24.6 Å². The molecule has 0 spiro atoms. The quantitative estimate of drug-likeness (QED) is 0.786. The van der Waals surface area contributed by atoms with E-state index in [1.807, 2.05) is 6.92 Å². The molecule has 0 aromatic carbocycles. The van der Waals surface area contributed by atoms with Crippen molar-refractivity contribution in [3.8, 4) is 0 Å². The Bertz CT molecular complexity index is 399. The van der Waals surface area contributed by atoms with Crippen LogP contribution in [0.2, 0.25) is 0 Å². The Morgan fingerprint density at radius 1 is 1.62 bits per heavy atom. The maximum absolute atomic E-state index is 11.8. The summed E-state index contributed by atoms with van der Waals surface area (Å²) in [6, 6.07) is 0. The minimum Gasteiger partial charge on any atom is -0.330 e. The topological polar surface area (TPSA) is 75.0 Å². The summed E-state index contributed by atoms with van der Waals surface area (Å²) < 4.78 is 0. The SMILES string of the molecule is CCc1[nH]nc(N2CC(CN)CC2=O)c1C. The van der Waals surface area contributed by atoms with E-state index in [1.165, 1.54) is 0 Å². The average Bonchev–Trinajstić information content (AvgIpc) is 2.81. The molecule has 5 heteroatoms. The summed E-state index contributed by atoms with van der Waals surface area (Å²) in [6.45, 7) is 5.33. The summed E-state index contributed by atoms with van der Waals surface area (Å²) in [5, 5.41) is 7.21.